The van der Waals surface area contributed by atoms with E-state index >= 15 is 0 Å². The third-order valence-corrected chi connectivity index (χ3v) is 5.28. The van der Waals surface area contributed by atoms with Crippen molar-refractivity contribution < 1.29 is 4.92 Å². The Morgan fingerprint density at radius 2 is 1.45 bits per heavy atom. The summed E-state index contributed by atoms with van der Waals surface area (Å²) >= 11 is 3.48. The smallest absolute Gasteiger partial charge is 0.258 e. The van der Waals surface area contributed by atoms with E-state index < -0.39 is 0 Å². The van der Waals surface area contributed by atoms with Crippen LogP contribution in [0.1, 0.15) is 4.88 Å². The molecule has 0 saturated carbocycles. The van der Waals surface area contributed by atoms with Gasteiger partial charge in [-0.25, -0.2) is 0 Å². The molecule has 0 radical (unpaired) electrons. The minimum atomic E-state index is -0.377. The van der Waals surface area contributed by atoms with Gasteiger partial charge in [0.2, 0.25) is 0 Å². The molecule has 0 bridgehead atoms. The van der Waals surface area contributed by atoms with Crippen molar-refractivity contribution >= 4 is 28.4 Å². The lowest BCUT2D eigenvalue weighted by Gasteiger charge is -1.96. The molecule has 0 aliphatic rings. The molecule has 20 heavy (non-hydrogen) atoms. The molecule has 0 saturated heterocycles. The van der Waals surface area contributed by atoms with Crippen molar-refractivity contribution in [3.63, 3.8) is 0 Å². The lowest BCUT2D eigenvalue weighted by molar-refractivity contribution is -0.384. The van der Waals surface area contributed by atoms with Crippen LogP contribution < -0.4 is 0 Å². The summed E-state index contributed by atoms with van der Waals surface area (Å²) in [7, 11) is 0. The first-order chi connectivity index (χ1) is 9.63. The molecule has 0 amide bonds. The van der Waals surface area contributed by atoms with Crippen LogP contribution in [0.15, 0.2) is 48.5 Å². The monoisotopic (exact) mass is 301 g/mol. The summed E-state index contributed by atoms with van der Waals surface area (Å²) in [5.41, 5.74) is 1.14. The highest BCUT2D eigenvalue weighted by molar-refractivity contribution is 7.23. The summed E-state index contributed by atoms with van der Waals surface area (Å²) in [5, 5.41) is 10.6. The second kappa shape index (κ2) is 5.19. The number of nitro benzene ring substituents is 1. The lowest BCUT2D eigenvalue weighted by Crippen LogP contribution is -1.86. The molecule has 2 heterocycles. The molecule has 3 nitrogen and oxygen atoms in total. The first-order valence-electron chi connectivity index (χ1n) is 6.05. The van der Waals surface area contributed by atoms with Crippen LogP contribution in [0.4, 0.5) is 5.69 Å². The quantitative estimate of drug-likeness (QED) is 0.483. The predicted octanol–water partition coefficient (Wildman–Crippen LogP) is 5.36. The molecule has 0 spiro atoms. The van der Waals surface area contributed by atoms with Gasteiger partial charge in [0, 0.05) is 31.6 Å². The highest BCUT2D eigenvalue weighted by atomic mass is 32.1. The van der Waals surface area contributed by atoms with Crippen LogP contribution in [0.2, 0.25) is 0 Å². The van der Waals surface area contributed by atoms with E-state index in [2.05, 4.69) is 31.2 Å². The van der Waals surface area contributed by atoms with Gasteiger partial charge in [-0.15, -0.1) is 22.7 Å². The fraction of sp³-hybridized carbons (Fsp3) is 0.0667. The zero-order valence-corrected chi connectivity index (χ0v) is 12.3. The molecule has 1 aromatic carbocycles. The Labute approximate surface area is 124 Å². The van der Waals surface area contributed by atoms with Crippen molar-refractivity contribution in [1.29, 1.82) is 0 Å². The van der Waals surface area contributed by atoms with E-state index in [1.54, 1.807) is 46.9 Å². The number of aryl methyl sites for hydroxylation is 1. The van der Waals surface area contributed by atoms with Gasteiger partial charge in [-0.1, -0.05) is 0 Å². The normalized spacial score (nSPS) is 10.7. The fourth-order valence-corrected chi connectivity index (χ4v) is 3.91. The number of nitro groups is 1. The average Bonchev–Trinajstić information content (AvgIpc) is 3.07. The maximum atomic E-state index is 10.6. The van der Waals surface area contributed by atoms with Gasteiger partial charge >= 0.3 is 0 Å². The van der Waals surface area contributed by atoms with Crippen LogP contribution in [0.3, 0.4) is 0 Å². The highest BCUT2D eigenvalue weighted by Gasteiger charge is 2.09. The Kier molecular flexibility index (Phi) is 3.38. The summed E-state index contributed by atoms with van der Waals surface area (Å²) in [6, 6.07) is 15.1. The molecule has 0 atom stereocenters. The number of rotatable bonds is 3. The van der Waals surface area contributed by atoms with E-state index in [-0.39, 0.29) is 10.6 Å². The van der Waals surface area contributed by atoms with Crippen molar-refractivity contribution in [1.82, 2.24) is 0 Å². The van der Waals surface area contributed by atoms with Crippen molar-refractivity contribution in [2.45, 2.75) is 6.92 Å². The summed E-state index contributed by atoms with van der Waals surface area (Å²) in [6.45, 7) is 2.10. The fourth-order valence-electron chi connectivity index (χ4n) is 1.94. The molecule has 0 fully saturated rings. The van der Waals surface area contributed by atoms with E-state index in [9.17, 15) is 10.1 Å². The van der Waals surface area contributed by atoms with E-state index in [4.69, 9.17) is 0 Å². The average molecular weight is 301 g/mol. The maximum Gasteiger partial charge on any atom is 0.269 e. The Bertz CT molecular complexity index is 756. The number of nitrogens with zero attached hydrogens (tertiary/aromatic N) is 1. The van der Waals surface area contributed by atoms with Gasteiger partial charge in [0.1, 0.15) is 0 Å². The van der Waals surface area contributed by atoms with Gasteiger partial charge in [0.05, 0.1) is 4.92 Å². The van der Waals surface area contributed by atoms with Crippen molar-refractivity contribution in [3.8, 4) is 20.2 Å². The van der Waals surface area contributed by atoms with Crippen LogP contribution in [0, 0.1) is 17.0 Å². The van der Waals surface area contributed by atoms with Crippen LogP contribution in [-0.4, -0.2) is 4.92 Å². The van der Waals surface area contributed by atoms with Crippen molar-refractivity contribution in [3.05, 3.63) is 63.5 Å². The maximum absolute atomic E-state index is 10.6. The lowest BCUT2D eigenvalue weighted by atomic mass is 10.2. The van der Waals surface area contributed by atoms with Gasteiger partial charge in [0.25, 0.3) is 5.69 Å². The van der Waals surface area contributed by atoms with E-state index in [1.807, 2.05) is 0 Å². The van der Waals surface area contributed by atoms with Gasteiger partial charge < -0.3 is 0 Å². The van der Waals surface area contributed by atoms with Crippen LogP contribution in [0.5, 0.6) is 0 Å². The van der Waals surface area contributed by atoms with Crippen molar-refractivity contribution in [2.75, 3.05) is 0 Å². The molecule has 2 aromatic heterocycles. The molecular weight excluding hydrogens is 290 g/mol. The first-order valence-corrected chi connectivity index (χ1v) is 7.68. The number of benzene rings is 1. The van der Waals surface area contributed by atoms with E-state index in [0.29, 0.717) is 0 Å². The zero-order chi connectivity index (χ0) is 14.1. The van der Waals surface area contributed by atoms with Crippen LogP contribution >= 0.6 is 22.7 Å². The third kappa shape index (κ3) is 2.50. The van der Waals surface area contributed by atoms with E-state index in [1.165, 1.54) is 14.6 Å². The largest absolute Gasteiger partial charge is 0.269 e. The Hall–Kier alpha value is -1.98. The second-order valence-electron chi connectivity index (χ2n) is 4.38. The predicted molar refractivity (Wildman–Crippen MR) is 84.5 cm³/mol. The number of hydrogen-bond acceptors (Lipinski definition) is 4. The summed E-state index contributed by atoms with van der Waals surface area (Å²) in [5.74, 6) is 0. The number of thiophene rings is 2. The first kappa shape index (κ1) is 13.0. The molecule has 3 rings (SSSR count). The molecule has 0 aliphatic carbocycles. The second-order valence-corrected chi connectivity index (χ2v) is 6.75. The third-order valence-electron chi connectivity index (χ3n) is 2.95. The van der Waals surface area contributed by atoms with E-state index in [0.717, 1.165) is 10.4 Å². The molecule has 0 aliphatic heterocycles. The molecular formula is C15H11NO2S2. The van der Waals surface area contributed by atoms with Gasteiger partial charge in [0.15, 0.2) is 0 Å². The summed E-state index contributed by atoms with van der Waals surface area (Å²) in [4.78, 5) is 15.2. The number of hydrogen-bond donors (Lipinski definition) is 0. The molecule has 3 aromatic rings. The molecule has 5 heteroatoms. The summed E-state index contributed by atoms with van der Waals surface area (Å²) in [6.07, 6.45) is 0. The molecule has 100 valence electrons. The number of non-ortho nitro benzene ring substituents is 1. The Morgan fingerprint density at radius 3 is 2.05 bits per heavy atom. The van der Waals surface area contributed by atoms with Gasteiger partial charge in [-0.2, -0.15) is 0 Å². The SMILES string of the molecule is Cc1ccc(-c2ccc(-c3ccc([N+](=O)[O-])cc3)s2)s1. The topological polar surface area (TPSA) is 43.1 Å². The molecule has 0 N–H and O–H groups in total. The summed E-state index contributed by atoms with van der Waals surface area (Å²) < 4.78 is 0. The van der Waals surface area contributed by atoms with Crippen molar-refractivity contribution in [2.24, 2.45) is 0 Å². The molecule has 0 unspecified atom stereocenters. The van der Waals surface area contributed by atoms with Crippen LogP contribution in [-0.2, 0) is 0 Å². The zero-order valence-electron chi connectivity index (χ0n) is 10.7. The van der Waals surface area contributed by atoms with Gasteiger partial charge in [-0.3, -0.25) is 10.1 Å². The standard InChI is InChI=1S/C15H11NO2S2/c1-10-2-7-14(19-10)15-9-8-13(20-15)11-3-5-12(6-4-11)16(17)18/h2-9H,1H3. The van der Waals surface area contributed by atoms with Crippen LogP contribution in [0.25, 0.3) is 20.2 Å². The minimum absolute atomic E-state index is 0.124. The van der Waals surface area contributed by atoms with Gasteiger partial charge in [-0.05, 0) is 48.9 Å². The highest BCUT2D eigenvalue weighted by Crippen LogP contribution is 2.37. The Morgan fingerprint density at radius 1 is 0.850 bits per heavy atom. The minimum Gasteiger partial charge on any atom is -0.258 e. The Balaban J connectivity index is 1.91.